The third-order valence-electron chi connectivity index (χ3n) is 6.20. The number of carbonyl (C=O) groups is 1. The maximum absolute atomic E-state index is 11.7. The molecule has 0 atom stereocenters. The van der Waals surface area contributed by atoms with Crippen molar-refractivity contribution in [3.05, 3.63) is 58.7 Å². The maximum Gasteiger partial charge on any atom is 0.323 e. The summed E-state index contributed by atoms with van der Waals surface area (Å²) in [5.41, 5.74) is 6.58. The molecule has 0 aliphatic rings. The average molecular weight is 517 g/mol. The number of carboxylic acids is 1. The number of aromatic nitrogens is 2. The van der Waals surface area contributed by atoms with Crippen molar-refractivity contribution in [1.29, 1.82) is 0 Å². The number of anilines is 2. The molecule has 1 aromatic heterocycles. The standard InChI is InChI=1S/C27H36N4O2S.ClH/c1-8-30(7)14-13-21-15-19(3)23(16-18(21)2)31(17-24(32)33)26-28-25(29-34-26)20-9-11-22(12-10-20)27(4,5)6;/h9-12,15-16H,8,13-14,17H2,1-7H3,(H,32,33);1H. The number of benzene rings is 2. The molecule has 2 aromatic carbocycles. The van der Waals surface area contributed by atoms with E-state index in [4.69, 9.17) is 4.98 Å². The highest BCUT2D eigenvalue weighted by atomic mass is 35.5. The van der Waals surface area contributed by atoms with Gasteiger partial charge in [0.2, 0.25) is 5.13 Å². The predicted octanol–water partition coefficient (Wildman–Crippen LogP) is 6.26. The minimum Gasteiger partial charge on any atom is -0.480 e. The summed E-state index contributed by atoms with van der Waals surface area (Å²) < 4.78 is 4.55. The summed E-state index contributed by atoms with van der Waals surface area (Å²) >= 11 is 1.23. The van der Waals surface area contributed by atoms with E-state index in [-0.39, 0.29) is 24.4 Å². The Balaban J connectivity index is 0.00000432. The van der Waals surface area contributed by atoms with Crippen molar-refractivity contribution in [1.82, 2.24) is 14.3 Å². The number of carboxylic acid groups (broad SMARTS) is 1. The second-order valence-electron chi connectivity index (χ2n) is 9.92. The van der Waals surface area contributed by atoms with Gasteiger partial charge in [-0.05, 0) is 67.6 Å². The first-order valence-electron chi connectivity index (χ1n) is 11.7. The first-order chi connectivity index (χ1) is 16.0. The second kappa shape index (κ2) is 12.0. The maximum atomic E-state index is 11.7. The molecule has 3 aromatic rings. The molecule has 0 amide bonds. The van der Waals surface area contributed by atoms with Gasteiger partial charge in [-0.1, -0.05) is 58.0 Å². The van der Waals surface area contributed by atoms with Crippen LogP contribution in [0, 0.1) is 13.8 Å². The fraction of sp³-hybridized carbons (Fsp3) is 0.444. The van der Waals surface area contributed by atoms with Gasteiger partial charge in [-0.3, -0.25) is 4.79 Å². The van der Waals surface area contributed by atoms with Crippen LogP contribution in [0.2, 0.25) is 0 Å². The second-order valence-corrected chi connectivity index (χ2v) is 10.6. The van der Waals surface area contributed by atoms with E-state index < -0.39 is 5.97 Å². The van der Waals surface area contributed by atoms with Gasteiger partial charge < -0.3 is 14.9 Å². The van der Waals surface area contributed by atoms with Crippen LogP contribution < -0.4 is 4.90 Å². The van der Waals surface area contributed by atoms with Crippen molar-refractivity contribution in [2.24, 2.45) is 0 Å². The van der Waals surface area contributed by atoms with Gasteiger partial charge in [0.1, 0.15) is 6.54 Å². The van der Waals surface area contributed by atoms with E-state index in [1.165, 1.54) is 22.7 Å². The van der Waals surface area contributed by atoms with Crippen molar-refractivity contribution in [2.45, 2.75) is 53.4 Å². The van der Waals surface area contributed by atoms with Gasteiger partial charge in [0.15, 0.2) is 5.82 Å². The van der Waals surface area contributed by atoms with E-state index >= 15 is 0 Å². The van der Waals surface area contributed by atoms with Gasteiger partial charge in [-0.25, -0.2) is 0 Å². The highest BCUT2D eigenvalue weighted by Crippen LogP contribution is 2.34. The molecule has 0 saturated carbocycles. The third-order valence-corrected chi connectivity index (χ3v) is 6.94. The summed E-state index contributed by atoms with van der Waals surface area (Å²) in [6.07, 6.45) is 0.962. The molecule has 0 bridgehead atoms. The zero-order valence-electron chi connectivity index (χ0n) is 21.8. The fourth-order valence-electron chi connectivity index (χ4n) is 3.84. The summed E-state index contributed by atoms with van der Waals surface area (Å²) in [5, 5.41) is 10.2. The van der Waals surface area contributed by atoms with Crippen LogP contribution >= 0.6 is 23.9 Å². The molecule has 1 heterocycles. The first kappa shape index (κ1) is 28.8. The van der Waals surface area contributed by atoms with Crippen molar-refractivity contribution >= 4 is 40.7 Å². The summed E-state index contributed by atoms with van der Waals surface area (Å²) in [6, 6.07) is 12.5. The Morgan fingerprint density at radius 3 is 2.31 bits per heavy atom. The molecular weight excluding hydrogens is 480 g/mol. The van der Waals surface area contributed by atoms with Gasteiger partial charge in [0.05, 0.1) is 0 Å². The van der Waals surface area contributed by atoms with Gasteiger partial charge in [-0.15, -0.1) is 12.4 Å². The number of aliphatic carboxylic acids is 1. The largest absolute Gasteiger partial charge is 0.480 e. The molecule has 0 saturated heterocycles. The highest BCUT2D eigenvalue weighted by molar-refractivity contribution is 7.10. The minimum atomic E-state index is -0.906. The summed E-state index contributed by atoms with van der Waals surface area (Å²) in [4.78, 5) is 20.5. The number of hydrogen-bond donors (Lipinski definition) is 1. The number of rotatable bonds is 9. The summed E-state index contributed by atoms with van der Waals surface area (Å²) in [6.45, 7) is 14.7. The van der Waals surface area contributed by atoms with Gasteiger partial charge in [-0.2, -0.15) is 9.36 Å². The van der Waals surface area contributed by atoms with Crippen LogP contribution in [0.3, 0.4) is 0 Å². The zero-order chi connectivity index (χ0) is 25.0. The Morgan fingerprint density at radius 2 is 1.74 bits per heavy atom. The smallest absolute Gasteiger partial charge is 0.323 e. The summed E-state index contributed by atoms with van der Waals surface area (Å²) in [7, 11) is 2.12. The van der Waals surface area contributed by atoms with Crippen molar-refractivity contribution in [3.8, 4) is 11.4 Å². The van der Waals surface area contributed by atoms with E-state index in [2.05, 4.69) is 75.2 Å². The quantitative estimate of drug-likeness (QED) is 0.362. The monoisotopic (exact) mass is 516 g/mol. The molecule has 8 heteroatoms. The predicted molar refractivity (Wildman–Crippen MR) is 149 cm³/mol. The van der Waals surface area contributed by atoms with Crippen LogP contribution in [0.1, 0.15) is 49.9 Å². The van der Waals surface area contributed by atoms with Crippen molar-refractivity contribution < 1.29 is 9.90 Å². The van der Waals surface area contributed by atoms with E-state index in [0.717, 1.165) is 41.9 Å². The SMILES string of the molecule is CCN(C)CCc1cc(C)c(N(CC(=O)O)c2nc(-c3ccc(C(C)(C)C)cc3)ns2)cc1C.Cl. The number of halogens is 1. The summed E-state index contributed by atoms with van der Waals surface area (Å²) in [5.74, 6) is -0.290. The van der Waals surface area contributed by atoms with Crippen LogP contribution in [0.25, 0.3) is 11.4 Å². The third kappa shape index (κ3) is 7.26. The normalized spacial score (nSPS) is 11.4. The Bertz CT molecular complexity index is 1140. The molecule has 0 radical (unpaired) electrons. The number of likely N-dealkylation sites (N-methyl/N-ethyl adjacent to an activating group) is 1. The molecule has 190 valence electrons. The molecule has 0 spiro atoms. The average Bonchev–Trinajstić information content (AvgIpc) is 3.27. The minimum absolute atomic E-state index is 0. The molecular formula is C27H37ClN4O2S. The number of aryl methyl sites for hydroxylation is 2. The zero-order valence-corrected chi connectivity index (χ0v) is 23.4. The molecule has 1 N–H and O–H groups in total. The topological polar surface area (TPSA) is 69.6 Å². The Kier molecular flexibility index (Phi) is 9.84. The molecule has 0 fully saturated rings. The van der Waals surface area contributed by atoms with Crippen LogP contribution in [-0.4, -0.2) is 52.0 Å². The van der Waals surface area contributed by atoms with Gasteiger partial charge in [0.25, 0.3) is 0 Å². The Labute approximate surface area is 219 Å². The van der Waals surface area contributed by atoms with Crippen LogP contribution in [0.5, 0.6) is 0 Å². The van der Waals surface area contributed by atoms with Crippen LogP contribution in [-0.2, 0) is 16.6 Å². The lowest BCUT2D eigenvalue weighted by molar-refractivity contribution is -0.135. The Hall–Kier alpha value is -2.48. The molecule has 6 nitrogen and oxygen atoms in total. The van der Waals surface area contributed by atoms with Crippen LogP contribution in [0.15, 0.2) is 36.4 Å². The van der Waals surface area contributed by atoms with Gasteiger partial charge in [0, 0.05) is 29.3 Å². The van der Waals surface area contributed by atoms with Crippen LogP contribution in [0.4, 0.5) is 10.8 Å². The molecule has 0 unspecified atom stereocenters. The lowest BCUT2D eigenvalue weighted by Gasteiger charge is -2.23. The first-order valence-corrected chi connectivity index (χ1v) is 12.5. The van der Waals surface area contributed by atoms with E-state index in [0.29, 0.717) is 11.0 Å². The molecule has 35 heavy (non-hydrogen) atoms. The molecule has 3 rings (SSSR count). The Morgan fingerprint density at radius 1 is 1.09 bits per heavy atom. The van der Waals surface area contributed by atoms with E-state index in [1.54, 1.807) is 4.90 Å². The molecule has 0 aliphatic carbocycles. The number of nitrogens with zero attached hydrogens (tertiary/aromatic N) is 4. The van der Waals surface area contributed by atoms with Gasteiger partial charge >= 0.3 is 5.97 Å². The highest BCUT2D eigenvalue weighted by Gasteiger charge is 2.21. The number of hydrogen-bond acceptors (Lipinski definition) is 6. The van der Waals surface area contributed by atoms with Crippen molar-refractivity contribution in [2.75, 3.05) is 31.6 Å². The van der Waals surface area contributed by atoms with E-state index in [9.17, 15) is 9.90 Å². The lowest BCUT2D eigenvalue weighted by Crippen LogP contribution is -2.26. The van der Waals surface area contributed by atoms with E-state index in [1.807, 2.05) is 19.1 Å². The van der Waals surface area contributed by atoms with Crippen molar-refractivity contribution in [3.63, 3.8) is 0 Å². The molecule has 0 aliphatic heterocycles. The fourth-order valence-corrected chi connectivity index (χ4v) is 4.55. The lowest BCUT2D eigenvalue weighted by atomic mass is 9.87.